The third-order valence-corrected chi connectivity index (χ3v) is 4.12. The lowest BCUT2D eigenvalue weighted by atomic mass is 10.1. The van der Waals surface area contributed by atoms with Gasteiger partial charge in [0.25, 0.3) is 5.69 Å². The molecule has 0 saturated carbocycles. The standard InChI is InChI=1S/C19H19N3O4/c1-25-17-8-5-13(12-18(17)26-2)9-11-20-15-6-7-16(22(23)24)14-4-3-10-21-19(14)15/h3-8,10,12,20H,9,11H2,1-2H3. The summed E-state index contributed by atoms with van der Waals surface area (Å²) in [5.41, 5.74) is 2.51. The van der Waals surface area contributed by atoms with E-state index in [-0.39, 0.29) is 5.69 Å². The monoisotopic (exact) mass is 353 g/mol. The molecule has 0 bridgehead atoms. The van der Waals surface area contributed by atoms with E-state index in [1.54, 1.807) is 38.6 Å². The summed E-state index contributed by atoms with van der Waals surface area (Å²) >= 11 is 0. The number of methoxy groups -OCH3 is 2. The molecule has 0 atom stereocenters. The third-order valence-electron chi connectivity index (χ3n) is 4.12. The summed E-state index contributed by atoms with van der Waals surface area (Å²) in [4.78, 5) is 15.1. The fourth-order valence-corrected chi connectivity index (χ4v) is 2.84. The average Bonchev–Trinajstić information content (AvgIpc) is 2.67. The van der Waals surface area contributed by atoms with Crippen LogP contribution in [0.25, 0.3) is 10.9 Å². The Kier molecular flexibility index (Phi) is 5.17. The number of anilines is 1. The van der Waals surface area contributed by atoms with Crippen LogP contribution in [0.15, 0.2) is 48.7 Å². The Hall–Kier alpha value is -3.35. The van der Waals surface area contributed by atoms with E-state index in [4.69, 9.17) is 9.47 Å². The van der Waals surface area contributed by atoms with Gasteiger partial charge in [-0.1, -0.05) is 6.07 Å². The summed E-state index contributed by atoms with van der Waals surface area (Å²) in [6.45, 7) is 0.652. The van der Waals surface area contributed by atoms with Gasteiger partial charge in [0.1, 0.15) is 5.52 Å². The highest BCUT2D eigenvalue weighted by Crippen LogP contribution is 2.30. The van der Waals surface area contributed by atoms with E-state index in [0.29, 0.717) is 28.9 Å². The van der Waals surface area contributed by atoms with Crippen molar-refractivity contribution in [3.63, 3.8) is 0 Å². The lowest BCUT2D eigenvalue weighted by Gasteiger charge is -2.11. The molecule has 1 N–H and O–H groups in total. The van der Waals surface area contributed by atoms with E-state index in [2.05, 4.69) is 10.3 Å². The maximum Gasteiger partial charge on any atom is 0.278 e. The summed E-state index contributed by atoms with van der Waals surface area (Å²) in [5, 5.41) is 15.0. The summed E-state index contributed by atoms with van der Waals surface area (Å²) < 4.78 is 10.6. The first kappa shape index (κ1) is 17.5. The number of nitrogens with one attached hydrogen (secondary N) is 1. The van der Waals surface area contributed by atoms with Gasteiger partial charge < -0.3 is 14.8 Å². The highest BCUT2D eigenvalue weighted by atomic mass is 16.6. The van der Waals surface area contributed by atoms with Crippen LogP contribution >= 0.6 is 0 Å². The van der Waals surface area contributed by atoms with Crippen LogP contribution in [0.5, 0.6) is 11.5 Å². The van der Waals surface area contributed by atoms with E-state index in [1.165, 1.54) is 6.07 Å². The predicted molar refractivity (Wildman–Crippen MR) is 100 cm³/mol. The van der Waals surface area contributed by atoms with Crippen molar-refractivity contribution < 1.29 is 14.4 Å². The van der Waals surface area contributed by atoms with Crippen molar-refractivity contribution in [3.05, 3.63) is 64.3 Å². The number of hydrogen-bond acceptors (Lipinski definition) is 6. The van der Waals surface area contributed by atoms with Gasteiger partial charge in [0.05, 0.1) is 30.2 Å². The molecule has 0 fully saturated rings. The molecule has 0 aliphatic heterocycles. The Bertz CT molecular complexity index is 943. The highest BCUT2D eigenvalue weighted by Gasteiger charge is 2.14. The van der Waals surface area contributed by atoms with E-state index in [9.17, 15) is 10.1 Å². The smallest absolute Gasteiger partial charge is 0.278 e. The van der Waals surface area contributed by atoms with E-state index in [0.717, 1.165) is 17.7 Å². The van der Waals surface area contributed by atoms with Gasteiger partial charge in [-0.25, -0.2) is 0 Å². The quantitative estimate of drug-likeness (QED) is 0.513. The third kappa shape index (κ3) is 3.51. The Morgan fingerprint density at radius 2 is 1.92 bits per heavy atom. The van der Waals surface area contributed by atoms with Crippen LogP contribution in [0.1, 0.15) is 5.56 Å². The van der Waals surface area contributed by atoms with Gasteiger partial charge in [0.2, 0.25) is 0 Å². The van der Waals surface area contributed by atoms with Gasteiger partial charge in [0, 0.05) is 18.8 Å². The molecule has 3 rings (SSSR count). The first-order valence-corrected chi connectivity index (χ1v) is 8.11. The fraction of sp³-hybridized carbons (Fsp3) is 0.211. The fourth-order valence-electron chi connectivity index (χ4n) is 2.84. The molecule has 0 amide bonds. The van der Waals surface area contributed by atoms with Crippen molar-refractivity contribution in [2.45, 2.75) is 6.42 Å². The van der Waals surface area contributed by atoms with Crippen LogP contribution in [-0.2, 0) is 6.42 Å². The Labute approximate surface area is 150 Å². The molecular weight excluding hydrogens is 334 g/mol. The zero-order chi connectivity index (χ0) is 18.5. The summed E-state index contributed by atoms with van der Waals surface area (Å²) in [7, 11) is 3.21. The Balaban J connectivity index is 1.77. The topological polar surface area (TPSA) is 86.5 Å². The number of nitrogens with zero attached hydrogens (tertiary/aromatic N) is 2. The molecule has 0 radical (unpaired) electrons. The normalized spacial score (nSPS) is 10.5. The van der Waals surface area contributed by atoms with E-state index in [1.807, 2.05) is 18.2 Å². The number of pyridine rings is 1. The minimum absolute atomic E-state index is 0.0542. The molecule has 0 aliphatic rings. The number of nitro groups is 1. The maximum absolute atomic E-state index is 11.2. The van der Waals surface area contributed by atoms with Gasteiger partial charge in [-0.3, -0.25) is 15.1 Å². The van der Waals surface area contributed by atoms with Crippen LogP contribution in [0, 0.1) is 10.1 Å². The number of aromatic nitrogens is 1. The van der Waals surface area contributed by atoms with Crippen molar-refractivity contribution in [1.29, 1.82) is 0 Å². The maximum atomic E-state index is 11.2. The minimum atomic E-state index is -0.391. The van der Waals surface area contributed by atoms with Crippen LogP contribution in [0.2, 0.25) is 0 Å². The van der Waals surface area contributed by atoms with Crippen LogP contribution in [0.3, 0.4) is 0 Å². The molecule has 0 unspecified atom stereocenters. The van der Waals surface area contributed by atoms with Gasteiger partial charge in [0.15, 0.2) is 11.5 Å². The first-order valence-electron chi connectivity index (χ1n) is 8.11. The Morgan fingerprint density at radius 1 is 1.12 bits per heavy atom. The Morgan fingerprint density at radius 3 is 2.65 bits per heavy atom. The zero-order valence-corrected chi connectivity index (χ0v) is 14.6. The summed E-state index contributed by atoms with van der Waals surface area (Å²) in [6, 6.07) is 12.4. The molecule has 7 heteroatoms. The van der Waals surface area contributed by atoms with Gasteiger partial charge in [-0.05, 0) is 42.3 Å². The van der Waals surface area contributed by atoms with Crippen LogP contribution in [0.4, 0.5) is 11.4 Å². The summed E-state index contributed by atoms with van der Waals surface area (Å²) in [6.07, 6.45) is 2.39. The molecule has 0 saturated heterocycles. The number of benzene rings is 2. The minimum Gasteiger partial charge on any atom is -0.493 e. The molecule has 26 heavy (non-hydrogen) atoms. The van der Waals surface area contributed by atoms with Gasteiger partial charge in [-0.2, -0.15) is 0 Å². The average molecular weight is 353 g/mol. The second kappa shape index (κ2) is 7.69. The largest absolute Gasteiger partial charge is 0.493 e. The first-order chi connectivity index (χ1) is 12.6. The number of fused-ring (bicyclic) bond motifs is 1. The number of non-ortho nitro benzene ring substituents is 1. The summed E-state index contributed by atoms with van der Waals surface area (Å²) in [5.74, 6) is 1.38. The second-order valence-corrected chi connectivity index (χ2v) is 5.66. The molecule has 2 aromatic carbocycles. The predicted octanol–water partition coefficient (Wildman–Crippen LogP) is 3.81. The van der Waals surface area contributed by atoms with E-state index >= 15 is 0 Å². The SMILES string of the molecule is COc1ccc(CCNc2ccc([N+](=O)[O-])c3cccnc23)cc1OC. The molecule has 0 spiro atoms. The molecular formula is C19H19N3O4. The second-order valence-electron chi connectivity index (χ2n) is 5.66. The number of rotatable bonds is 7. The van der Waals surface area contributed by atoms with Crippen molar-refractivity contribution in [2.75, 3.05) is 26.1 Å². The molecule has 1 heterocycles. The molecule has 7 nitrogen and oxygen atoms in total. The van der Waals surface area contributed by atoms with Crippen LogP contribution < -0.4 is 14.8 Å². The van der Waals surface area contributed by atoms with Crippen molar-refractivity contribution in [2.24, 2.45) is 0 Å². The lowest BCUT2D eigenvalue weighted by Crippen LogP contribution is -2.06. The van der Waals surface area contributed by atoms with Crippen molar-refractivity contribution in [3.8, 4) is 11.5 Å². The van der Waals surface area contributed by atoms with Gasteiger partial charge in [-0.15, -0.1) is 0 Å². The highest BCUT2D eigenvalue weighted by molar-refractivity contribution is 5.96. The van der Waals surface area contributed by atoms with E-state index < -0.39 is 4.92 Å². The van der Waals surface area contributed by atoms with Crippen molar-refractivity contribution >= 4 is 22.3 Å². The number of ether oxygens (including phenoxy) is 2. The number of hydrogen-bond donors (Lipinski definition) is 1. The molecule has 134 valence electrons. The zero-order valence-electron chi connectivity index (χ0n) is 14.6. The molecule has 0 aliphatic carbocycles. The molecule has 1 aromatic heterocycles. The lowest BCUT2D eigenvalue weighted by molar-refractivity contribution is -0.383. The van der Waals surface area contributed by atoms with Gasteiger partial charge >= 0.3 is 0 Å². The molecule has 3 aromatic rings. The number of nitro benzene ring substituents is 1. The van der Waals surface area contributed by atoms with Crippen LogP contribution in [-0.4, -0.2) is 30.7 Å². The van der Waals surface area contributed by atoms with Crippen molar-refractivity contribution in [1.82, 2.24) is 4.98 Å².